The number of amides is 3. The van der Waals surface area contributed by atoms with E-state index in [0.717, 1.165) is 5.56 Å². The monoisotopic (exact) mass is 381 g/mol. The highest BCUT2D eigenvalue weighted by molar-refractivity contribution is 5.97. The van der Waals surface area contributed by atoms with Crippen molar-refractivity contribution in [1.82, 2.24) is 15.5 Å². The van der Waals surface area contributed by atoms with Crippen LogP contribution >= 0.6 is 0 Å². The second-order valence-corrected chi connectivity index (χ2v) is 7.03. The number of rotatable bonds is 7. The number of hydrogen-bond donors (Lipinski definition) is 2. The van der Waals surface area contributed by atoms with Crippen molar-refractivity contribution in [3.8, 4) is 0 Å². The predicted molar refractivity (Wildman–Crippen MR) is 109 cm³/mol. The lowest BCUT2D eigenvalue weighted by Gasteiger charge is -2.27. The van der Waals surface area contributed by atoms with Crippen LogP contribution in [0.25, 0.3) is 0 Å². The van der Waals surface area contributed by atoms with Gasteiger partial charge in [-0.05, 0) is 35.7 Å². The Kier molecular flexibility index (Phi) is 7.32. The van der Waals surface area contributed by atoms with Crippen molar-refractivity contribution in [1.29, 1.82) is 0 Å². The van der Waals surface area contributed by atoms with Crippen LogP contribution in [0.1, 0.15) is 40.1 Å². The maximum absolute atomic E-state index is 12.9. The quantitative estimate of drug-likeness (QED) is 0.773. The van der Waals surface area contributed by atoms with Gasteiger partial charge in [-0.3, -0.25) is 14.4 Å². The second-order valence-electron chi connectivity index (χ2n) is 7.03. The lowest BCUT2D eigenvalue weighted by Crippen LogP contribution is -2.50. The van der Waals surface area contributed by atoms with Gasteiger partial charge in [0.25, 0.3) is 11.8 Å². The van der Waals surface area contributed by atoms with Gasteiger partial charge in [0.15, 0.2) is 0 Å². The molecule has 1 atom stereocenters. The minimum Gasteiger partial charge on any atom is -0.355 e. The van der Waals surface area contributed by atoms with E-state index in [1.165, 1.54) is 0 Å². The second kappa shape index (κ2) is 9.69. The van der Waals surface area contributed by atoms with Crippen LogP contribution < -0.4 is 10.6 Å². The third kappa shape index (κ3) is 5.42. The van der Waals surface area contributed by atoms with Gasteiger partial charge in [-0.15, -0.1) is 0 Å². The summed E-state index contributed by atoms with van der Waals surface area (Å²) in [5.41, 5.74) is 1.99. The van der Waals surface area contributed by atoms with Crippen molar-refractivity contribution in [2.75, 3.05) is 14.1 Å². The molecule has 2 aromatic carbocycles. The van der Waals surface area contributed by atoms with Crippen LogP contribution in [0.15, 0.2) is 54.6 Å². The molecule has 0 aliphatic heterocycles. The molecule has 0 saturated heterocycles. The minimum atomic E-state index is -0.622. The van der Waals surface area contributed by atoms with E-state index in [1.807, 2.05) is 32.0 Å². The molecule has 0 fully saturated rings. The van der Waals surface area contributed by atoms with E-state index < -0.39 is 6.04 Å². The fourth-order valence-electron chi connectivity index (χ4n) is 2.82. The maximum atomic E-state index is 12.9. The van der Waals surface area contributed by atoms with Crippen LogP contribution in [-0.4, -0.2) is 42.8 Å². The maximum Gasteiger partial charge on any atom is 0.251 e. The normalized spacial score (nSPS) is 11.6. The molecule has 2 N–H and O–H groups in total. The molecule has 0 bridgehead atoms. The number of likely N-dealkylation sites (N-methyl/N-ethyl adjacent to an activating group) is 1. The van der Waals surface area contributed by atoms with Crippen molar-refractivity contribution in [2.24, 2.45) is 5.92 Å². The molecule has 0 saturated carbocycles. The first-order valence-corrected chi connectivity index (χ1v) is 9.25. The smallest absolute Gasteiger partial charge is 0.251 e. The Morgan fingerprint density at radius 3 is 2.00 bits per heavy atom. The van der Waals surface area contributed by atoms with Crippen LogP contribution in [0, 0.1) is 5.92 Å². The molecule has 28 heavy (non-hydrogen) atoms. The first kappa shape index (κ1) is 21.2. The van der Waals surface area contributed by atoms with Gasteiger partial charge in [0.1, 0.15) is 6.04 Å². The Bertz CT molecular complexity index is 817. The molecule has 148 valence electrons. The molecule has 0 heterocycles. The molecule has 2 rings (SSSR count). The lowest BCUT2D eigenvalue weighted by molar-refractivity contribution is -0.133. The van der Waals surface area contributed by atoms with E-state index in [0.29, 0.717) is 17.7 Å². The van der Waals surface area contributed by atoms with Gasteiger partial charge in [0, 0.05) is 31.8 Å². The van der Waals surface area contributed by atoms with Gasteiger partial charge in [-0.2, -0.15) is 0 Å². The topological polar surface area (TPSA) is 78.5 Å². The Morgan fingerprint density at radius 2 is 1.46 bits per heavy atom. The van der Waals surface area contributed by atoms with Gasteiger partial charge in [0.2, 0.25) is 5.91 Å². The van der Waals surface area contributed by atoms with Crippen molar-refractivity contribution in [2.45, 2.75) is 26.4 Å². The van der Waals surface area contributed by atoms with Crippen molar-refractivity contribution in [3.05, 3.63) is 71.3 Å². The zero-order valence-electron chi connectivity index (χ0n) is 16.7. The Morgan fingerprint density at radius 1 is 0.893 bits per heavy atom. The van der Waals surface area contributed by atoms with E-state index in [-0.39, 0.29) is 23.6 Å². The van der Waals surface area contributed by atoms with Gasteiger partial charge in [0.05, 0.1) is 0 Å². The molecule has 6 nitrogen and oxygen atoms in total. The number of nitrogens with one attached hydrogen (secondary N) is 2. The van der Waals surface area contributed by atoms with Gasteiger partial charge in [-0.25, -0.2) is 0 Å². The standard InChI is InChI=1S/C22H27N3O3/c1-15(2)19(24-21(27)17-8-6-5-7-9-17)22(28)25(4)14-16-10-12-18(13-11-16)20(26)23-3/h5-13,15,19H,14H2,1-4H3,(H,23,26)(H,24,27)/t19-/m0/s1. The van der Waals surface area contributed by atoms with E-state index in [4.69, 9.17) is 0 Å². The molecule has 6 heteroatoms. The van der Waals surface area contributed by atoms with E-state index in [2.05, 4.69) is 10.6 Å². The van der Waals surface area contributed by atoms with Gasteiger partial charge < -0.3 is 15.5 Å². The Hall–Kier alpha value is -3.15. The lowest BCUT2D eigenvalue weighted by atomic mass is 10.0. The SMILES string of the molecule is CNC(=O)c1ccc(CN(C)C(=O)[C@@H](NC(=O)c2ccccc2)C(C)C)cc1. The summed E-state index contributed by atoms with van der Waals surface area (Å²) in [6.07, 6.45) is 0. The number of hydrogen-bond acceptors (Lipinski definition) is 3. The first-order valence-electron chi connectivity index (χ1n) is 9.25. The van der Waals surface area contributed by atoms with Gasteiger partial charge >= 0.3 is 0 Å². The van der Waals surface area contributed by atoms with E-state index in [1.54, 1.807) is 55.4 Å². The minimum absolute atomic E-state index is 0.0572. The number of carbonyl (C=O) groups is 3. The fraction of sp³-hybridized carbons (Fsp3) is 0.318. The summed E-state index contributed by atoms with van der Waals surface area (Å²) in [6.45, 7) is 4.19. The number of benzene rings is 2. The summed E-state index contributed by atoms with van der Waals surface area (Å²) < 4.78 is 0. The largest absolute Gasteiger partial charge is 0.355 e. The van der Waals surface area contributed by atoms with Crippen LogP contribution in [0.5, 0.6) is 0 Å². The average molecular weight is 381 g/mol. The molecular formula is C22H27N3O3. The molecule has 0 aliphatic rings. The highest BCUT2D eigenvalue weighted by Crippen LogP contribution is 2.12. The van der Waals surface area contributed by atoms with Crippen LogP contribution in [-0.2, 0) is 11.3 Å². The third-order valence-corrected chi connectivity index (χ3v) is 4.49. The Labute approximate surface area is 165 Å². The summed E-state index contributed by atoms with van der Waals surface area (Å²) in [5, 5.41) is 5.42. The van der Waals surface area contributed by atoms with E-state index in [9.17, 15) is 14.4 Å². The van der Waals surface area contributed by atoms with Crippen LogP contribution in [0.3, 0.4) is 0 Å². The zero-order chi connectivity index (χ0) is 20.7. The summed E-state index contributed by atoms with van der Waals surface area (Å²) in [5.74, 6) is -0.636. The summed E-state index contributed by atoms with van der Waals surface area (Å²) >= 11 is 0. The molecule has 0 unspecified atom stereocenters. The Balaban J connectivity index is 2.05. The molecule has 0 spiro atoms. The summed E-state index contributed by atoms with van der Waals surface area (Å²) in [4.78, 5) is 38.6. The van der Waals surface area contributed by atoms with E-state index >= 15 is 0 Å². The van der Waals surface area contributed by atoms with Gasteiger partial charge in [-0.1, -0.05) is 44.2 Å². The van der Waals surface area contributed by atoms with Crippen LogP contribution in [0.4, 0.5) is 0 Å². The molecule has 0 radical (unpaired) electrons. The molecule has 2 aromatic rings. The fourth-order valence-corrected chi connectivity index (χ4v) is 2.82. The summed E-state index contributed by atoms with van der Waals surface area (Å²) in [7, 11) is 3.29. The number of nitrogens with zero attached hydrogens (tertiary/aromatic N) is 1. The number of carbonyl (C=O) groups excluding carboxylic acids is 3. The van der Waals surface area contributed by atoms with Crippen molar-refractivity contribution in [3.63, 3.8) is 0 Å². The molecule has 0 aromatic heterocycles. The first-order chi connectivity index (χ1) is 13.3. The molecule has 0 aliphatic carbocycles. The predicted octanol–water partition coefficient (Wildman–Crippen LogP) is 2.46. The summed E-state index contributed by atoms with van der Waals surface area (Å²) in [6, 6.07) is 15.3. The average Bonchev–Trinajstić information content (AvgIpc) is 2.71. The zero-order valence-corrected chi connectivity index (χ0v) is 16.7. The molecule has 3 amide bonds. The highest BCUT2D eigenvalue weighted by atomic mass is 16.2. The third-order valence-electron chi connectivity index (χ3n) is 4.49. The van der Waals surface area contributed by atoms with Crippen molar-refractivity contribution < 1.29 is 14.4 Å². The molecular weight excluding hydrogens is 354 g/mol. The highest BCUT2D eigenvalue weighted by Gasteiger charge is 2.27. The van der Waals surface area contributed by atoms with Crippen LogP contribution in [0.2, 0.25) is 0 Å². The van der Waals surface area contributed by atoms with Crippen molar-refractivity contribution >= 4 is 17.7 Å².